The summed E-state index contributed by atoms with van der Waals surface area (Å²) in [6, 6.07) is 2.44. The molecule has 4 heteroatoms. The highest BCUT2D eigenvalue weighted by Gasteiger charge is 2.11. The third kappa shape index (κ3) is 4.70. The van der Waals surface area contributed by atoms with Gasteiger partial charge in [0, 0.05) is 18.7 Å². The molecule has 0 unspecified atom stereocenters. The maximum absolute atomic E-state index is 6.04. The largest absolute Gasteiger partial charge is 0.383 e. The third-order valence-corrected chi connectivity index (χ3v) is 3.97. The van der Waals surface area contributed by atoms with Gasteiger partial charge < -0.3 is 11.1 Å². The Labute approximate surface area is 126 Å². The van der Waals surface area contributed by atoms with E-state index in [0.29, 0.717) is 16.4 Å². The predicted molar refractivity (Wildman–Crippen MR) is 84.6 cm³/mol. The zero-order valence-electron chi connectivity index (χ0n) is 11.8. The molecule has 1 aromatic rings. The Hall–Kier alpha value is -1.24. The van der Waals surface area contributed by atoms with Crippen LogP contribution in [0.5, 0.6) is 0 Å². The van der Waals surface area contributed by atoms with Gasteiger partial charge in [0.25, 0.3) is 0 Å². The highest BCUT2D eigenvalue weighted by molar-refractivity contribution is 6.32. The van der Waals surface area contributed by atoms with Crippen molar-refractivity contribution in [2.24, 2.45) is 0 Å². The van der Waals surface area contributed by atoms with Crippen molar-refractivity contribution in [3.05, 3.63) is 22.8 Å². The fourth-order valence-electron chi connectivity index (χ4n) is 2.52. The van der Waals surface area contributed by atoms with Gasteiger partial charge in [0.05, 0.1) is 10.6 Å². The number of anilines is 1. The van der Waals surface area contributed by atoms with Gasteiger partial charge in [-0.25, -0.2) is 4.98 Å². The lowest BCUT2D eigenvalue weighted by molar-refractivity contribution is 0.373. The maximum atomic E-state index is 6.04. The minimum absolute atomic E-state index is 0.408. The number of hydrogen-bond donors (Lipinski definition) is 2. The number of pyridine rings is 1. The molecule has 1 fully saturated rings. The van der Waals surface area contributed by atoms with Crippen LogP contribution in [0.15, 0.2) is 12.3 Å². The van der Waals surface area contributed by atoms with Crippen molar-refractivity contribution < 1.29 is 0 Å². The molecular formula is C16H22ClN3. The first-order valence-electron chi connectivity index (χ1n) is 7.39. The van der Waals surface area contributed by atoms with Crippen LogP contribution in [0.3, 0.4) is 0 Å². The van der Waals surface area contributed by atoms with Crippen molar-refractivity contribution in [2.75, 3.05) is 12.3 Å². The molecule has 0 aromatic carbocycles. The van der Waals surface area contributed by atoms with Crippen molar-refractivity contribution in [2.45, 2.75) is 51.0 Å². The summed E-state index contributed by atoms with van der Waals surface area (Å²) in [7, 11) is 0. The van der Waals surface area contributed by atoms with E-state index in [9.17, 15) is 0 Å². The summed E-state index contributed by atoms with van der Waals surface area (Å²) in [6.45, 7) is 1.04. The standard InChI is InChI=1S/C16H22ClN3/c17-15-10-12-20-16(18)14(15)9-5-2-6-11-19-13-7-3-1-4-8-13/h10,12-13,19H,1-4,6-8,11H2,(H2,18,20). The van der Waals surface area contributed by atoms with Gasteiger partial charge in [-0.2, -0.15) is 0 Å². The zero-order chi connectivity index (χ0) is 14.2. The second-order valence-electron chi connectivity index (χ2n) is 5.25. The van der Waals surface area contributed by atoms with Crippen LogP contribution in [-0.2, 0) is 0 Å². The van der Waals surface area contributed by atoms with Gasteiger partial charge >= 0.3 is 0 Å². The van der Waals surface area contributed by atoms with Gasteiger partial charge in [-0.15, -0.1) is 0 Å². The fraction of sp³-hybridized carbons (Fsp3) is 0.562. The topological polar surface area (TPSA) is 50.9 Å². The van der Waals surface area contributed by atoms with Gasteiger partial charge in [0.1, 0.15) is 5.82 Å². The Morgan fingerprint density at radius 3 is 2.90 bits per heavy atom. The van der Waals surface area contributed by atoms with E-state index in [1.165, 1.54) is 32.1 Å². The number of nitrogen functional groups attached to an aromatic ring is 1. The normalized spacial score (nSPS) is 15.7. The number of hydrogen-bond acceptors (Lipinski definition) is 3. The summed E-state index contributed by atoms with van der Waals surface area (Å²) in [5, 5.41) is 4.19. The number of aromatic nitrogens is 1. The highest BCUT2D eigenvalue weighted by Crippen LogP contribution is 2.18. The Morgan fingerprint density at radius 1 is 1.35 bits per heavy atom. The average molecular weight is 292 g/mol. The molecule has 1 heterocycles. The SMILES string of the molecule is Nc1nccc(Cl)c1C#CCCCNC1CCCCC1. The Kier molecular flexibility index (Phi) is 6.17. The van der Waals surface area contributed by atoms with Crippen LogP contribution >= 0.6 is 11.6 Å². The van der Waals surface area contributed by atoms with E-state index in [0.717, 1.165) is 25.4 Å². The molecule has 0 amide bonds. The van der Waals surface area contributed by atoms with Crippen molar-refractivity contribution in [1.82, 2.24) is 10.3 Å². The van der Waals surface area contributed by atoms with E-state index in [2.05, 4.69) is 22.1 Å². The molecule has 1 aliphatic carbocycles. The molecule has 0 spiro atoms. The quantitative estimate of drug-likeness (QED) is 0.660. The van der Waals surface area contributed by atoms with E-state index in [1.807, 2.05) is 0 Å². The van der Waals surface area contributed by atoms with Crippen molar-refractivity contribution in [1.29, 1.82) is 0 Å². The molecule has 108 valence electrons. The third-order valence-electron chi connectivity index (χ3n) is 3.66. The van der Waals surface area contributed by atoms with Gasteiger partial charge in [-0.3, -0.25) is 0 Å². The first-order valence-corrected chi connectivity index (χ1v) is 7.77. The van der Waals surface area contributed by atoms with Gasteiger partial charge in [0.15, 0.2) is 0 Å². The Balaban J connectivity index is 1.69. The number of rotatable bonds is 4. The molecule has 1 saturated carbocycles. The first kappa shape index (κ1) is 15.2. The molecule has 1 aliphatic rings. The molecule has 0 atom stereocenters. The number of nitrogens with one attached hydrogen (secondary N) is 1. The summed E-state index contributed by atoms with van der Waals surface area (Å²) >= 11 is 6.04. The molecule has 0 bridgehead atoms. The van der Waals surface area contributed by atoms with Crippen LogP contribution in [0.2, 0.25) is 5.02 Å². The van der Waals surface area contributed by atoms with E-state index in [1.54, 1.807) is 12.3 Å². The summed E-state index contributed by atoms with van der Waals surface area (Å²) < 4.78 is 0. The van der Waals surface area contributed by atoms with Crippen molar-refractivity contribution >= 4 is 17.4 Å². The second kappa shape index (κ2) is 8.14. The monoisotopic (exact) mass is 291 g/mol. The number of nitrogens with two attached hydrogens (primary N) is 1. The summed E-state index contributed by atoms with van der Waals surface area (Å²) in [6.07, 6.45) is 10.3. The number of unbranched alkanes of at least 4 members (excludes halogenated alkanes) is 1. The predicted octanol–water partition coefficient (Wildman–Crippen LogP) is 3.37. The van der Waals surface area contributed by atoms with Crippen LogP contribution in [0.4, 0.5) is 5.82 Å². The molecule has 20 heavy (non-hydrogen) atoms. The Bertz CT molecular complexity index is 464. The first-order chi connectivity index (χ1) is 9.77. The van der Waals surface area contributed by atoms with Crippen LogP contribution in [0, 0.1) is 11.8 Å². The lowest BCUT2D eigenvalue weighted by Crippen LogP contribution is -2.31. The molecule has 2 rings (SSSR count). The molecule has 0 aliphatic heterocycles. The minimum atomic E-state index is 0.408. The average Bonchev–Trinajstić information content (AvgIpc) is 2.46. The molecule has 0 saturated heterocycles. The molecule has 0 radical (unpaired) electrons. The highest BCUT2D eigenvalue weighted by atomic mass is 35.5. The molecular weight excluding hydrogens is 270 g/mol. The van der Waals surface area contributed by atoms with E-state index < -0.39 is 0 Å². The van der Waals surface area contributed by atoms with E-state index in [4.69, 9.17) is 17.3 Å². The second-order valence-corrected chi connectivity index (χ2v) is 5.65. The smallest absolute Gasteiger partial charge is 0.140 e. The fourth-order valence-corrected chi connectivity index (χ4v) is 2.72. The van der Waals surface area contributed by atoms with Crippen LogP contribution in [-0.4, -0.2) is 17.6 Å². The van der Waals surface area contributed by atoms with Crippen LogP contribution in [0.25, 0.3) is 0 Å². The maximum Gasteiger partial charge on any atom is 0.140 e. The van der Waals surface area contributed by atoms with E-state index in [-0.39, 0.29) is 0 Å². The number of halogens is 1. The zero-order valence-corrected chi connectivity index (χ0v) is 12.5. The lowest BCUT2D eigenvalue weighted by atomic mass is 9.95. The summed E-state index contributed by atoms with van der Waals surface area (Å²) in [5.74, 6) is 6.56. The lowest BCUT2D eigenvalue weighted by Gasteiger charge is -2.22. The summed E-state index contributed by atoms with van der Waals surface area (Å²) in [4.78, 5) is 3.99. The molecule has 1 aromatic heterocycles. The minimum Gasteiger partial charge on any atom is -0.383 e. The van der Waals surface area contributed by atoms with Crippen LogP contribution in [0.1, 0.15) is 50.5 Å². The van der Waals surface area contributed by atoms with Crippen LogP contribution < -0.4 is 11.1 Å². The number of nitrogens with zero attached hydrogens (tertiary/aromatic N) is 1. The summed E-state index contributed by atoms with van der Waals surface area (Å²) in [5.41, 5.74) is 6.40. The molecule has 3 nitrogen and oxygen atoms in total. The molecule has 3 N–H and O–H groups in total. The van der Waals surface area contributed by atoms with Gasteiger partial charge in [-0.05, 0) is 31.9 Å². The van der Waals surface area contributed by atoms with Gasteiger partial charge in [0.2, 0.25) is 0 Å². The van der Waals surface area contributed by atoms with Crippen molar-refractivity contribution in [3.8, 4) is 11.8 Å². The van der Waals surface area contributed by atoms with Crippen molar-refractivity contribution in [3.63, 3.8) is 0 Å². The Morgan fingerprint density at radius 2 is 2.15 bits per heavy atom. The van der Waals surface area contributed by atoms with Gasteiger partial charge in [-0.1, -0.05) is 42.7 Å². The van der Waals surface area contributed by atoms with E-state index >= 15 is 0 Å².